The maximum Gasteiger partial charge on any atom is 0.269 e. The van der Waals surface area contributed by atoms with Gasteiger partial charge < -0.3 is 0 Å². The maximum absolute atomic E-state index is 12.7. The van der Waals surface area contributed by atoms with Crippen LogP contribution in [0.2, 0.25) is 0 Å². The van der Waals surface area contributed by atoms with Gasteiger partial charge in [-0.1, -0.05) is 18.2 Å². The van der Waals surface area contributed by atoms with E-state index < -0.39 is 7.45 Å². The van der Waals surface area contributed by atoms with Gasteiger partial charge in [0.2, 0.25) is 0 Å². The van der Waals surface area contributed by atoms with Crippen molar-refractivity contribution in [3.63, 3.8) is 0 Å². The first-order valence-corrected chi connectivity index (χ1v) is 4.98. The molecule has 1 aromatic carbocycles. The molecule has 0 saturated heterocycles. The molecular formula is C7H8FOP. The van der Waals surface area contributed by atoms with Crippen LogP contribution in [-0.2, 0) is 4.57 Å². The normalized spacial score (nSPS) is 16.2. The summed E-state index contributed by atoms with van der Waals surface area (Å²) in [7, 11) is -3.52. The van der Waals surface area contributed by atoms with E-state index in [4.69, 9.17) is 0 Å². The monoisotopic (exact) mass is 158 g/mol. The van der Waals surface area contributed by atoms with Crippen LogP contribution < -0.4 is 5.30 Å². The fraction of sp³-hybridized carbons (Fsp3) is 0.143. The minimum atomic E-state index is -3.52. The topological polar surface area (TPSA) is 17.1 Å². The molecule has 0 spiro atoms. The van der Waals surface area contributed by atoms with Gasteiger partial charge in [0, 0.05) is 12.0 Å². The van der Waals surface area contributed by atoms with E-state index in [1.165, 1.54) is 12.1 Å². The molecule has 0 aromatic heterocycles. The third-order valence-electron chi connectivity index (χ3n) is 1.22. The molecule has 1 atom stereocenters. The Morgan fingerprint density at radius 3 is 2.10 bits per heavy atom. The number of hydrogen-bond donors (Lipinski definition) is 0. The molecule has 1 aromatic rings. The summed E-state index contributed by atoms with van der Waals surface area (Å²) in [5.41, 5.74) is 0. The fourth-order valence-corrected chi connectivity index (χ4v) is 1.40. The minimum Gasteiger partial charge on any atom is -0.283 e. The van der Waals surface area contributed by atoms with Gasteiger partial charge in [0.15, 0.2) is 0 Å². The van der Waals surface area contributed by atoms with E-state index in [-0.39, 0.29) is 5.30 Å². The predicted octanol–water partition coefficient (Wildman–Crippen LogP) is 2.19. The Kier molecular flexibility index (Phi) is 1.91. The van der Waals surface area contributed by atoms with E-state index in [2.05, 4.69) is 0 Å². The summed E-state index contributed by atoms with van der Waals surface area (Å²) in [4.78, 5) is 0. The van der Waals surface area contributed by atoms with Crippen molar-refractivity contribution < 1.29 is 8.76 Å². The molecule has 1 nitrogen and oxygen atoms in total. The Labute approximate surface area is 59.4 Å². The molecule has 0 saturated carbocycles. The van der Waals surface area contributed by atoms with Gasteiger partial charge in [0.25, 0.3) is 7.45 Å². The van der Waals surface area contributed by atoms with Crippen molar-refractivity contribution in [3.8, 4) is 0 Å². The van der Waals surface area contributed by atoms with E-state index in [0.717, 1.165) is 6.66 Å². The van der Waals surface area contributed by atoms with Crippen LogP contribution in [0.15, 0.2) is 30.3 Å². The molecule has 0 aliphatic heterocycles. The fourth-order valence-electron chi connectivity index (χ4n) is 0.694. The number of halogens is 1. The number of rotatable bonds is 1. The van der Waals surface area contributed by atoms with E-state index in [9.17, 15) is 8.76 Å². The van der Waals surface area contributed by atoms with Crippen LogP contribution in [0, 0.1) is 0 Å². The van der Waals surface area contributed by atoms with E-state index >= 15 is 0 Å². The molecule has 1 rings (SSSR count). The van der Waals surface area contributed by atoms with Crippen molar-refractivity contribution in [3.05, 3.63) is 30.3 Å². The van der Waals surface area contributed by atoms with Crippen LogP contribution in [0.25, 0.3) is 0 Å². The molecule has 3 heteroatoms. The second-order valence-electron chi connectivity index (χ2n) is 2.16. The molecule has 0 aliphatic carbocycles. The van der Waals surface area contributed by atoms with E-state index in [0.29, 0.717) is 0 Å². The van der Waals surface area contributed by atoms with Crippen LogP contribution in [0.1, 0.15) is 0 Å². The standard InChI is InChI=1S/C7H8FOP/c1-10(8,9)7-5-3-2-4-6-7/h2-6H,1H3. The molecule has 1 unspecified atom stereocenters. The van der Waals surface area contributed by atoms with Gasteiger partial charge in [0.05, 0.1) is 0 Å². The molecule has 0 fully saturated rings. The highest BCUT2D eigenvalue weighted by Gasteiger charge is 2.14. The Morgan fingerprint density at radius 2 is 1.80 bits per heavy atom. The van der Waals surface area contributed by atoms with Crippen LogP contribution in [0.3, 0.4) is 0 Å². The second-order valence-corrected chi connectivity index (χ2v) is 4.31. The largest absolute Gasteiger partial charge is 0.283 e. The molecule has 0 amide bonds. The van der Waals surface area contributed by atoms with Gasteiger partial charge in [-0.25, -0.2) is 0 Å². The molecule has 0 N–H and O–H groups in total. The van der Waals surface area contributed by atoms with E-state index in [1.54, 1.807) is 18.2 Å². The lowest BCUT2D eigenvalue weighted by Crippen LogP contribution is -1.97. The van der Waals surface area contributed by atoms with Gasteiger partial charge >= 0.3 is 0 Å². The molecule has 0 heterocycles. The molecule has 0 radical (unpaired) electrons. The first-order valence-electron chi connectivity index (χ1n) is 2.93. The van der Waals surface area contributed by atoms with Gasteiger partial charge in [-0.05, 0) is 12.1 Å². The number of hydrogen-bond acceptors (Lipinski definition) is 1. The predicted molar refractivity (Wildman–Crippen MR) is 40.7 cm³/mol. The van der Waals surface area contributed by atoms with Crippen molar-refractivity contribution in [2.24, 2.45) is 0 Å². The van der Waals surface area contributed by atoms with Gasteiger partial charge in [-0.15, -0.1) is 0 Å². The van der Waals surface area contributed by atoms with Gasteiger partial charge in [0.1, 0.15) is 0 Å². The lowest BCUT2D eigenvalue weighted by Gasteiger charge is -1.99. The van der Waals surface area contributed by atoms with Crippen LogP contribution >= 0.6 is 7.45 Å². The Bertz CT molecular complexity index is 252. The average molecular weight is 158 g/mol. The van der Waals surface area contributed by atoms with Crippen molar-refractivity contribution in [1.29, 1.82) is 0 Å². The third-order valence-corrected chi connectivity index (χ3v) is 2.44. The summed E-state index contributed by atoms with van der Waals surface area (Å²) in [6.07, 6.45) is 0. The third kappa shape index (κ3) is 1.68. The number of benzene rings is 1. The zero-order valence-electron chi connectivity index (χ0n) is 5.62. The van der Waals surface area contributed by atoms with Crippen molar-refractivity contribution in [2.75, 3.05) is 6.66 Å². The Morgan fingerprint density at radius 1 is 1.30 bits per heavy atom. The van der Waals surface area contributed by atoms with Crippen LogP contribution in [0.5, 0.6) is 0 Å². The molecule has 0 bridgehead atoms. The SMILES string of the molecule is CP(=O)(F)c1ccccc1. The second kappa shape index (κ2) is 2.55. The van der Waals surface area contributed by atoms with Crippen LogP contribution in [0.4, 0.5) is 4.20 Å². The zero-order chi connectivity index (χ0) is 7.61. The molecule has 10 heavy (non-hydrogen) atoms. The molecule has 0 aliphatic rings. The van der Waals surface area contributed by atoms with Crippen LogP contribution in [-0.4, -0.2) is 6.66 Å². The summed E-state index contributed by atoms with van der Waals surface area (Å²) >= 11 is 0. The van der Waals surface area contributed by atoms with Gasteiger partial charge in [-0.3, -0.25) is 4.57 Å². The summed E-state index contributed by atoms with van der Waals surface area (Å²) in [5.74, 6) is 0. The molecular weight excluding hydrogens is 150 g/mol. The molecule has 54 valence electrons. The quantitative estimate of drug-likeness (QED) is 0.572. The summed E-state index contributed by atoms with van der Waals surface area (Å²) < 4.78 is 23.4. The maximum atomic E-state index is 12.7. The summed E-state index contributed by atoms with van der Waals surface area (Å²) in [5, 5.41) is 0.287. The van der Waals surface area contributed by atoms with Crippen molar-refractivity contribution >= 4 is 12.8 Å². The lowest BCUT2D eigenvalue weighted by molar-refractivity contribution is 0.555. The highest BCUT2D eigenvalue weighted by atomic mass is 31.2. The first-order chi connectivity index (χ1) is 4.61. The first kappa shape index (κ1) is 7.49. The zero-order valence-corrected chi connectivity index (χ0v) is 6.51. The average Bonchev–Trinajstić information content (AvgIpc) is 1.88. The minimum absolute atomic E-state index is 0.287. The summed E-state index contributed by atoms with van der Waals surface area (Å²) in [6, 6.07) is 8.16. The highest BCUT2D eigenvalue weighted by Crippen LogP contribution is 2.40. The van der Waals surface area contributed by atoms with E-state index in [1.807, 2.05) is 0 Å². The smallest absolute Gasteiger partial charge is 0.269 e. The summed E-state index contributed by atoms with van der Waals surface area (Å²) in [6.45, 7) is 1.11. The highest BCUT2D eigenvalue weighted by molar-refractivity contribution is 7.65. The lowest BCUT2D eigenvalue weighted by atomic mass is 10.4. The van der Waals surface area contributed by atoms with Crippen molar-refractivity contribution in [2.45, 2.75) is 0 Å². The Balaban J connectivity index is 3.09. The van der Waals surface area contributed by atoms with Gasteiger partial charge in [-0.2, -0.15) is 4.20 Å². The van der Waals surface area contributed by atoms with Crippen molar-refractivity contribution in [1.82, 2.24) is 0 Å². The Hall–Kier alpha value is -0.620.